The van der Waals surface area contributed by atoms with Crippen molar-refractivity contribution in [2.75, 3.05) is 61.5 Å². The van der Waals surface area contributed by atoms with Gasteiger partial charge in [-0.15, -0.1) is 10.2 Å². The van der Waals surface area contributed by atoms with Crippen molar-refractivity contribution < 1.29 is 19.1 Å². The minimum absolute atomic E-state index is 0.0477. The van der Waals surface area contributed by atoms with Gasteiger partial charge in [-0.05, 0) is 62.1 Å². The summed E-state index contributed by atoms with van der Waals surface area (Å²) in [6, 6.07) is 15.4. The maximum atomic E-state index is 13.2. The van der Waals surface area contributed by atoms with Gasteiger partial charge in [-0.1, -0.05) is 11.3 Å². The lowest BCUT2D eigenvalue weighted by Crippen LogP contribution is -2.58. The fourth-order valence-corrected chi connectivity index (χ4v) is 9.28. The van der Waals surface area contributed by atoms with E-state index < -0.39 is 6.03 Å². The lowest BCUT2D eigenvalue weighted by atomic mass is 9.86. The van der Waals surface area contributed by atoms with Gasteiger partial charge in [0.2, 0.25) is 11.8 Å². The summed E-state index contributed by atoms with van der Waals surface area (Å²) in [5, 5.41) is 33.6. The number of imide groups is 1. The van der Waals surface area contributed by atoms with Gasteiger partial charge in [0.25, 0.3) is 0 Å². The van der Waals surface area contributed by atoms with E-state index in [9.17, 15) is 19.6 Å². The van der Waals surface area contributed by atoms with Crippen LogP contribution < -0.4 is 30.5 Å². The van der Waals surface area contributed by atoms with Gasteiger partial charge in [0.05, 0.1) is 52.5 Å². The number of nitrogens with one attached hydrogen (secondary N) is 3. The molecular formula is C39H40N12O4S. The van der Waals surface area contributed by atoms with Gasteiger partial charge in [-0.2, -0.15) is 10.4 Å². The molecule has 286 valence electrons. The van der Waals surface area contributed by atoms with E-state index >= 15 is 0 Å². The molecule has 0 spiro atoms. The molecule has 17 heteroatoms. The average molecular weight is 773 g/mol. The van der Waals surface area contributed by atoms with Crippen LogP contribution in [-0.4, -0.2) is 106 Å². The second-order valence-corrected chi connectivity index (χ2v) is 15.6. The van der Waals surface area contributed by atoms with Gasteiger partial charge in [-0.3, -0.25) is 29.7 Å². The van der Waals surface area contributed by atoms with Crippen LogP contribution in [0, 0.1) is 11.3 Å². The zero-order valence-corrected chi connectivity index (χ0v) is 31.6. The summed E-state index contributed by atoms with van der Waals surface area (Å²) in [4.78, 5) is 48.0. The molecule has 4 amide bonds. The molecule has 0 radical (unpaired) electrons. The number of ether oxygens (including phenoxy) is 1. The number of amides is 4. The van der Waals surface area contributed by atoms with Crippen molar-refractivity contribution in [3.8, 4) is 33.8 Å². The number of piperazine rings is 1. The Balaban J connectivity index is 0.765. The van der Waals surface area contributed by atoms with Crippen molar-refractivity contribution in [2.45, 2.75) is 50.1 Å². The van der Waals surface area contributed by atoms with Gasteiger partial charge in [0, 0.05) is 75.2 Å². The Bertz CT molecular complexity index is 2380. The van der Waals surface area contributed by atoms with E-state index in [2.05, 4.69) is 47.1 Å². The Labute approximate surface area is 326 Å². The molecule has 4 aliphatic rings. The predicted molar refractivity (Wildman–Crippen MR) is 210 cm³/mol. The smallest absolute Gasteiger partial charge is 0.328 e. The maximum Gasteiger partial charge on any atom is 0.328 e. The molecule has 3 N–H and O–H groups in total. The number of fused-ring (bicyclic) bond motifs is 4. The summed E-state index contributed by atoms with van der Waals surface area (Å²) in [7, 11) is 1.87. The molecule has 7 heterocycles. The third-order valence-corrected chi connectivity index (χ3v) is 12.3. The zero-order chi connectivity index (χ0) is 38.3. The first-order valence-electron chi connectivity index (χ1n) is 18.9. The molecule has 56 heavy (non-hydrogen) atoms. The Kier molecular flexibility index (Phi) is 9.43. The van der Waals surface area contributed by atoms with Crippen molar-refractivity contribution in [3.63, 3.8) is 0 Å². The third kappa shape index (κ3) is 6.86. The highest BCUT2D eigenvalue weighted by Crippen LogP contribution is 2.40. The van der Waals surface area contributed by atoms with Gasteiger partial charge in [0.15, 0.2) is 5.01 Å². The van der Waals surface area contributed by atoms with E-state index in [1.165, 1.54) is 0 Å². The Morgan fingerprint density at radius 3 is 2.75 bits per heavy atom. The van der Waals surface area contributed by atoms with Crippen LogP contribution in [0.1, 0.15) is 48.6 Å². The molecule has 1 aliphatic carbocycles. The number of benzene rings is 1. The summed E-state index contributed by atoms with van der Waals surface area (Å²) in [6.45, 7) is 3.42. The van der Waals surface area contributed by atoms with Gasteiger partial charge in [-0.25, -0.2) is 9.31 Å². The summed E-state index contributed by atoms with van der Waals surface area (Å²) in [5.41, 5.74) is 6.35. The number of carbonyl (C=O) groups excluding carboxylic acids is 3. The van der Waals surface area contributed by atoms with Crippen LogP contribution in [0.15, 0.2) is 54.9 Å². The van der Waals surface area contributed by atoms with Crippen LogP contribution in [0.3, 0.4) is 0 Å². The average Bonchev–Trinajstić information content (AvgIpc) is 3.88. The number of hydrogen-bond donors (Lipinski definition) is 3. The molecule has 16 nitrogen and oxygen atoms in total. The van der Waals surface area contributed by atoms with E-state index in [1.807, 2.05) is 49.6 Å². The second kappa shape index (κ2) is 14.8. The molecular weight excluding hydrogens is 733 g/mol. The Morgan fingerprint density at radius 2 is 1.93 bits per heavy atom. The van der Waals surface area contributed by atoms with Crippen LogP contribution in [0.2, 0.25) is 0 Å². The highest BCUT2D eigenvalue weighted by molar-refractivity contribution is 7.14. The van der Waals surface area contributed by atoms with Crippen molar-refractivity contribution in [1.82, 2.24) is 40.3 Å². The van der Waals surface area contributed by atoms with E-state index in [0.717, 1.165) is 94.9 Å². The number of carbonyl (C=O) groups is 3. The number of urea groups is 1. The number of pyridine rings is 1. The summed E-state index contributed by atoms with van der Waals surface area (Å²) >= 11 is 1.59. The van der Waals surface area contributed by atoms with Crippen molar-refractivity contribution >= 4 is 51.8 Å². The molecule has 9 rings (SSSR count). The molecule has 1 saturated carbocycles. The molecule has 5 aromatic rings. The normalized spacial score (nSPS) is 21.1. The highest BCUT2D eigenvalue weighted by Gasteiger charge is 2.35. The van der Waals surface area contributed by atoms with E-state index in [1.54, 1.807) is 33.0 Å². The molecule has 1 unspecified atom stereocenters. The van der Waals surface area contributed by atoms with Crippen molar-refractivity contribution in [3.05, 3.63) is 65.4 Å². The lowest BCUT2D eigenvalue weighted by Gasteiger charge is -2.45. The third-order valence-electron chi connectivity index (χ3n) is 11.2. The monoisotopic (exact) mass is 772 g/mol. The maximum absolute atomic E-state index is 13.2. The molecule has 3 fully saturated rings. The zero-order valence-electron chi connectivity index (χ0n) is 30.8. The number of rotatable bonds is 8. The number of nitriles is 1. The topological polar surface area (TPSA) is 186 Å². The minimum atomic E-state index is -0.416. The number of hydrogen-bond acceptors (Lipinski definition) is 13. The highest BCUT2D eigenvalue weighted by atomic mass is 32.1. The van der Waals surface area contributed by atoms with Crippen LogP contribution in [0.25, 0.3) is 27.5 Å². The second-order valence-electron chi connectivity index (χ2n) is 14.6. The van der Waals surface area contributed by atoms with Crippen LogP contribution in [0.5, 0.6) is 5.75 Å². The molecule has 2 saturated heterocycles. The van der Waals surface area contributed by atoms with Gasteiger partial charge in [0.1, 0.15) is 23.4 Å². The molecule has 3 aliphatic heterocycles. The standard InChI is InChI=1S/C39H40N12O4S/c1-41-30-16-31(32-8-7-27-14-23(17-40)18-43-51(27)32)42-19-29(30)38-47-46-37(56-38)24-2-4-25(5-3-24)44-36(53)21-48-12-13-49-28(20-48)22-55-34-15-26(6-9-33(34)49)50-11-10-35(52)45-39(50)54/h6-9,14-16,18-19,24-25,28H,2-5,10-13,20-22H2,1H3,(H,41,42)(H,44,53)(H,45,52,54)/t24-,25-,28?. The first-order chi connectivity index (χ1) is 27.3. The van der Waals surface area contributed by atoms with E-state index in [4.69, 9.17) is 9.72 Å². The first kappa shape index (κ1) is 35.6. The van der Waals surface area contributed by atoms with Crippen LogP contribution in [0.4, 0.5) is 21.9 Å². The molecule has 1 atom stereocenters. The number of aromatic nitrogens is 5. The van der Waals surface area contributed by atoms with Gasteiger partial charge >= 0.3 is 6.03 Å². The van der Waals surface area contributed by atoms with Crippen LogP contribution in [-0.2, 0) is 9.59 Å². The van der Waals surface area contributed by atoms with E-state index in [-0.39, 0.29) is 36.2 Å². The van der Waals surface area contributed by atoms with Crippen LogP contribution >= 0.6 is 11.3 Å². The molecule has 0 bridgehead atoms. The summed E-state index contributed by atoms with van der Waals surface area (Å²) in [6.07, 6.45) is 7.26. The molecule has 4 aromatic heterocycles. The Morgan fingerprint density at radius 1 is 1.05 bits per heavy atom. The van der Waals surface area contributed by atoms with E-state index in [0.29, 0.717) is 30.9 Å². The quantitative estimate of drug-likeness (QED) is 0.206. The first-order valence-corrected chi connectivity index (χ1v) is 19.7. The Hall–Kier alpha value is -6.12. The minimum Gasteiger partial charge on any atom is -0.489 e. The lowest BCUT2D eigenvalue weighted by molar-refractivity contribution is -0.123. The fraction of sp³-hybridized carbons (Fsp3) is 0.385. The fourth-order valence-electron chi connectivity index (χ4n) is 8.24. The predicted octanol–water partition coefficient (Wildman–Crippen LogP) is 4.00. The SMILES string of the molecule is CNc1cc(-c2ccc3cc(C#N)cnn23)ncc1-c1nnc([C@H]2CC[C@H](NC(=O)CN3CCN4c5ccc(N6CCC(=O)NC6=O)cc5OCC4C3)CC2)s1. The summed E-state index contributed by atoms with van der Waals surface area (Å²) < 4.78 is 7.94. The molecule has 1 aromatic carbocycles. The largest absolute Gasteiger partial charge is 0.489 e. The van der Waals surface area contributed by atoms with Gasteiger partial charge < -0.3 is 20.3 Å². The van der Waals surface area contributed by atoms with Crippen molar-refractivity contribution in [1.29, 1.82) is 5.26 Å². The number of nitrogens with zero attached hydrogens (tertiary/aromatic N) is 9. The number of anilines is 3. The summed E-state index contributed by atoms with van der Waals surface area (Å²) in [5.74, 6) is 0.798. The van der Waals surface area contributed by atoms with Crippen molar-refractivity contribution in [2.24, 2.45) is 0 Å².